The molecule has 0 fully saturated rings. The molecule has 92 valence electrons. The van der Waals surface area contributed by atoms with Crippen LogP contribution in [0.1, 0.15) is 11.7 Å². The summed E-state index contributed by atoms with van der Waals surface area (Å²) in [6, 6.07) is 15.9. The van der Waals surface area contributed by atoms with Gasteiger partial charge in [0, 0.05) is 10.0 Å². The van der Waals surface area contributed by atoms with E-state index in [9.17, 15) is 9.90 Å². The zero-order valence-electron chi connectivity index (χ0n) is 9.42. The standard InChI is InChI=1S/C14H11BrO3/c15-11-6-8-12(9-7-11)18-13(14(16)17)10-4-2-1-3-5-10/h1-9,13H,(H,16,17)/t13-/m1/s1. The SMILES string of the molecule is O=C(O)[C@H](Oc1ccc(Br)cc1)c1ccccc1. The van der Waals surface area contributed by atoms with Gasteiger partial charge in [-0.3, -0.25) is 0 Å². The lowest BCUT2D eigenvalue weighted by Gasteiger charge is -2.15. The largest absolute Gasteiger partial charge is 0.478 e. The molecule has 1 N–H and O–H groups in total. The average Bonchev–Trinajstić information content (AvgIpc) is 2.38. The van der Waals surface area contributed by atoms with E-state index in [-0.39, 0.29) is 0 Å². The number of hydrogen-bond acceptors (Lipinski definition) is 2. The number of carboxylic acids is 1. The van der Waals surface area contributed by atoms with Crippen LogP contribution < -0.4 is 4.74 Å². The van der Waals surface area contributed by atoms with E-state index in [1.165, 1.54) is 0 Å². The van der Waals surface area contributed by atoms with E-state index in [2.05, 4.69) is 15.9 Å². The number of carboxylic acid groups (broad SMARTS) is 1. The Labute approximate surface area is 113 Å². The first-order valence-electron chi connectivity index (χ1n) is 5.37. The van der Waals surface area contributed by atoms with Gasteiger partial charge in [0.1, 0.15) is 5.75 Å². The van der Waals surface area contributed by atoms with E-state index in [1.807, 2.05) is 6.07 Å². The van der Waals surface area contributed by atoms with Crippen molar-refractivity contribution in [1.29, 1.82) is 0 Å². The third-order valence-electron chi connectivity index (χ3n) is 2.39. The number of rotatable bonds is 4. The van der Waals surface area contributed by atoms with Gasteiger partial charge in [-0.1, -0.05) is 46.3 Å². The number of benzene rings is 2. The highest BCUT2D eigenvalue weighted by Crippen LogP contribution is 2.23. The summed E-state index contributed by atoms with van der Waals surface area (Å²) in [4.78, 5) is 11.2. The first kappa shape index (κ1) is 12.6. The van der Waals surface area contributed by atoms with Crippen LogP contribution in [0.15, 0.2) is 59.1 Å². The Balaban J connectivity index is 2.22. The van der Waals surface area contributed by atoms with Crippen molar-refractivity contribution in [2.75, 3.05) is 0 Å². The quantitative estimate of drug-likeness (QED) is 0.938. The smallest absolute Gasteiger partial charge is 0.349 e. The Kier molecular flexibility index (Phi) is 3.99. The Morgan fingerprint density at radius 3 is 2.22 bits per heavy atom. The molecule has 0 aliphatic heterocycles. The van der Waals surface area contributed by atoms with Crippen LogP contribution in [0.3, 0.4) is 0 Å². The van der Waals surface area contributed by atoms with Gasteiger partial charge in [0.25, 0.3) is 0 Å². The second-order valence-electron chi connectivity index (χ2n) is 3.70. The third-order valence-corrected chi connectivity index (χ3v) is 2.92. The second-order valence-corrected chi connectivity index (χ2v) is 4.62. The molecule has 3 nitrogen and oxygen atoms in total. The van der Waals surface area contributed by atoms with Crippen LogP contribution >= 0.6 is 15.9 Å². The molecule has 0 aliphatic carbocycles. The minimum Gasteiger partial charge on any atom is -0.478 e. The molecule has 0 saturated heterocycles. The lowest BCUT2D eigenvalue weighted by molar-refractivity contribution is -0.145. The second kappa shape index (κ2) is 5.69. The van der Waals surface area contributed by atoms with Gasteiger partial charge in [0.05, 0.1) is 0 Å². The van der Waals surface area contributed by atoms with E-state index >= 15 is 0 Å². The Morgan fingerprint density at radius 2 is 1.67 bits per heavy atom. The molecule has 0 spiro atoms. The molecule has 0 unspecified atom stereocenters. The summed E-state index contributed by atoms with van der Waals surface area (Å²) in [6.45, 7) is 0. The molecule has 0 aliphatic rings. The minimum atomic E-state index is -1.01. The van der Waals surface area contributed by atoms with Gasteiger partial charge in [-0.05, 0) is 24.3 Å². The Bertz CT molecular complexity index is 522. The molecule has 0 saturated carbocycles. The molecule has 0 aromatic heterocycles. The molecule has 2 aromatic carbocycles. The first-order valence-corrected chi connectivity index (χ1v) is 6.16. The summed E-state index contributed by atoms with van der Waals surface area (Å²) in [5, 5.41) is 9.21. The maximum absolute atomic E-state index is 11.2. The van der Waals surface area contributed by atoms with Crippen molar-refractivity contribution < 1.29 is 14.6 Å². The van der Waals surface area contributed by atoms with Crippen molar-refractivity contribution in [1.82, 2.24) is 0 Å². The van der Waals surface area contributed by atoms with Crippen LogP contribution in [-0.2, 0) is 4.79 Å². The summed E-state index contributed by atoms with van der Waals surface area (Å²) in [7, 11) is 0. The van der Waals surface area contributed by atoms with Gasteiger partial charge in [-0.2, -0.15) is 0 Å². The fourth-order valence-electron chi connectivity index (χ4n) is 1.54. The third kappa shape index (κ3) is 3.11. The topological polar surface area (TPSA) is 46.5 Å². The number of aliphatic carboxylic acids is 1. The molecule has 0 heterocycles. The summed E-state index contributed by atoms with van der Waals surface area (Å²) < 4.78 is 6.41. The summed E-state index contributed by atoms with van der Waals surface area (Å²) in [5.41, 5.74) is 0.618. The Morgan fingerprint density at radius 1 is 1.06 bits per heavy atom. The van der Waals surface area contributed by atoms with Crippen LogP contribution in [0.2, 0.25) is 0 Å². The van der Waals surface area contributed by atoms with Gasteiger partial charge < -0.3 is 9.84 Å². The maximum atomic E-state index is 11.2. The van der Waals surface area contributed by atoms with Crippen molar-refractivity contribution in [3.05, 3.63) is 64.6 Å². The van der Waals surface area contributed by atoms with E-state index < -0.39 is 12.1 Å². The van der Waals surface area contributed by atoms with Gasteiger partial charge in [0.15, 0.2) is 0 Å². The van der Waals surface area contributed by atoms with Crippen LogP contribution in [0.5, 0.6) is 5.75 Å². The zero-order valence-corrected chi connectivity index (χ0v) is 11.0. The lowest BCUT2D eigenvalue weighted by Crippen LogP contribution is -2.18. The number of carbonyl (C=O) groups is 1. The fraction of sp³-hybridized carbons (Fsp3) is 0.0714. The van der Waals surface area contributed by atoms with Crippen molar-refractivity contribution >= 4 is 21.9 Å². The van der Waals surface area contributed by atoms with Crippen molar-refractivity contribution in [3.63, 3.8) is 0 Å². The van der Waals surface area contributed by atoms with Crippen molar-refractivity contribution in [2.45, 2.75) is 6.10 Å². The molecule has 2 rings (SSSR count). The predicted molar refractivity (Wildman–Crippen MR) is 71.6 cm³/mol. The number of hydrogen-bond donors (Lipinski definition) is 1. The van der Waals surface area contributed by atoms with Crippen LogP contribution in [0.25, 0.3) is 0 Å². The molecule has 0 radical (unpaired) electrons. The zero-order chi connectivity index (χ0) is 13.0. The van der Waals surface area contributed by atoms with Gasteiger partial charge in [-0.15, -0.1) is 0 Å². The first-order chi connectivity index (χ1) is 8.66. The van der Waals surface area contributed by atoms with E-state index in [0.29, 0.717) is 11.3 Å². The Hall–Kier alpha value is -1.81. The summed E-state index contributed by atoms with van der Waals surface area (Å²) in [6.07, 6.45) is -0.993. The van der Waals surface area contributed by atoms with E-state index in [1.54, 1.807) is 48.5 Å². The minimum absolute atomic E-state index is 0.523. The highest BCUT2D eigenvalue weighted by molar-refractivity contribution is 9.10. The monoisotopic (exact) mass is 306 g/mol. The molecule has 0 bridgehead atoms. The van der Waals surface area contributed by atoms with Crippen molar-refractivity contribution in [2.24, 2.45) is 0 Å². The lowest BCUT2D eigenvalue weighted by atomic mass is 10.1. The van der Waals surface area contributed by atoms with E-state index in [0.717, 1.165) is 4.47 Å². The molecular weight excluding hydrogens is 296 g/mol. The van der Waals surface area contributed by atoms with Crippen LogP contribution in [0, 0.1) is 0 Å². The highest BCUT2D eigenvalue weighted by atomic mass is 79.9. The van der Waals surface area contributed by atoms with Gasteiger partial charge in [-0.25, -0.2) is 4.79 Å². The molecule has 2 aromatic rings. The molecule has 4 heteroatoms. The molecule has 1 atom stereocenters. The number of ether oxygens (including phenoxy) is 1. The maximum Gasteiger partial charge on any atom is 0.349 e. The van der Waals surface area contributed by atoms with Gasteiger partial charge >= 0.3 is 5.97 Å². The summed E-state index contributed by atoms with van der Waals surface area (Å²) in [5.74, 6) is -0.487. The molecular formula is C14H11BrO3. The van der Waals surface area contributed by atoms with Crippen LogP contribution in [0.4, 0.5) is 0 Å². The number of halogens is 1. The fourth-order valence-corrected chi connectivity index (χ4v) is 1.80. The molecule has 0 amide bonds. The summed E-state index contributed by atoms with van der Waals surface area (Å²) >= 11 is 3.31. The molecule has 18 heavy (non-hydrogen) atoms. The van der Waals surface area contributed by atoms with Crippen molar-refractivity contribution in [3.8, 4) is 5.75 Å². The highest BCUT2D eigenvalue weighted by Gasteiger charge is 2.21. The van der Waals surface area contributed by atoms with Crippen LogP contribution in [-0.4, -0.2) is 11.1 Å². The average molecular weight is 307 g/mol. The predicted octanol–water partition coefficient (Wildman–Crippen LogP) is 3.65. The normalized spacial score (nSPS) is 11.8. The van der Waals surface area contributed by atoms with Gasteiger partial charge in [0.2, 0.25) is 6.10 Å². The van der Waals surface area contributed by atoms with E-state index in [4.69, 9.17) is 4.74 Å².